The number of carbonyl (C=O) groups is 1. The lowest BCUT2D eigenvalue weighted by atomic mass is 10.1. The van der Waals surface area contributed by atoms with E-state index in [0.29, 0.717) is 18.9 Å². The van der Waals surface area contributed by atoms with Crippen molar-refractivity contribution in [3.63, 3.8) is 0 Å². The summed E-state index contributed by atoms with van der Waals surface area (Å²) >= 11 is 6.94. The van der Waals surface area contributed by atoms with Gasteiger partial charge in [0.15, 0.2) is 0 Å². The van der Waals surface area contributed by atoms with Crippen molar-refractivity contribution in [1.29, 1.82) is 0 Å². The van der Waals surface area contributed by atoms with Crippen LogP contribution < -0.4 is 4.74 Å². The Morgan fingerprint density at radius 2 is 1.89 bits per heavy atom. The Kier molecular flexibility index (Phi) is 6.86. The summed E-state index contributed by atoms with van der Waals surface area (Å²) in [6.07, 6.45) is 1.64. The lowest BCUT2D eigenvalue weighted by Gasteiger charge is -2.13. The number of halogens is 2. The number of rotatable bonds is 7. The standard InChI is InChI=1S/C14H18Br2O3/c1-9(2)5-6-19-14-11(15)7-10(8-12(14)16)3-4-13(17)18/h7-9H,3-6H2,1-2H3,(H,17,18). The first-order valence-electron chi connectivity index (χ1n) is 6.22. The third-order valence-corrected chi connectivity index (χ3v) is 3.81. The summed E-state index contributed by atoms with van der Waals surface area (Å²) in [7, 11) is 0. The van der Waals surface area contributed by atoms with Gasteiger partial charge < -0.3 is 9.84 Å². The average Bonchev–Trinajstić information content (AvgIpc) is 2.29. The van der Waals surface area contributed by atoms with Crippen LogP contribution in [0.15, 0.2) is 21.1 Å². The van der Waals surface area contributed by atoms with Crippen LogP contribution in [0.1, 0.15) is 32.3 Å². The van der Waals surface area contributed by atoms with Gasteiger partial charge in [0.25, 0.3) is 0 Å². The zero-order valence-corrected chi connectivity index (χ0v) is 14.3. The Labute approximate surface area is 130 Å². The number of aryl methyl sites for hydroxylation is 1. The molecule has 1 rings (SSSR count). The highest BCUT2D eigenvalue weighted by Gasteiger charge is 2.10. The Morgan fingerprint density at radius 3 is 2.37 bits per heavy atom. The molecule has 0 aliphatic heterocycles. The van der Waals surface area contributed by atoms with Gasteiger partial charge in [0, 0.05) is 6.42 Å². The largest absolute Gasteiger partial charge is 0.491 e. The van der Waals surface area contributed by atoms with Crippen molar-refractivity contribution in [2.45, 2.75) is 33.1 Å². The van der Waals surface area contributed by atoms with Gasteiger partial charge in [-0.25, -0.2) is 0 Å². The van der Waals surface area contributed by atoms with Gasteiger partial charge in [0.2, 0.25) is 0 Å². The SMILES string of the molecule is CC(C)CCOc1c(Br)cc(CCC(=O)O)cc1Br. The second kappa shape index (κ2) is 7.90. The molecule has 106 valence electrons. The molecule has 0 aliphatic rings. The lowest BCUT2D eigenvalue weighted by Crippen LogP contribution is -2.03. The number of hydrogen-bond donors (Lipinski definition) is 1. The van der Waals surface area contributed by atoms with Crippen LogP contribution in [0.4, 0.5) is 0 Å². The third-order valence-electron chi connectivity index (χ3n) is 2.63. The molecular formula is C14H18Br2O3. The van der Waals surface area contributed by atoms with Gasteiger partial charge in [-0.15, -0.1) is 0 Å². The molecule has 1 aromatic carbocycles. The molecule has 1 aromatic rings. The summed E-state index contributed by atoms with van der Waals surface area (Å²) in [5.41, 5.74) is 0.970. The number of benzene rings is 1. The summed E-state index contributed by atoms with van der Waals surface area (Å²) < 4.78 is 7.45. The molecule has 0 amide bonds. The highest BCUT2D eigenvalue weighted by Crippen LogP contribution is 2.35. The number of hydrogen-bond acceptors (Lipinski definition) is 2. The fraction of sp³-hybridized carbons (Fsp3) is 0.500. The number of aliphatic carboxylic acids is 1. The first-order valence-corrected chi connectivity index (χ1v) is 7.81. The molecule has 0 unspecified atom stereocenters. The first-order chi connectivity index (χ1) is 8.90. The minimum atomic E-state index is -0.787. The molecule has 0 aromatic heterocycles. The van der Waals surface area contributed by atoms with Crippen LogP contribution in [0.3, 0.4) is 0 Å². The van der Waals surface area contributed by atoms with Crippen LogP contribution in [-0.4, -0.2) is 17.7 Å². The van der Waals surface area contributed by atoms with Crippen LogP contribution in [0.25, 0.3) is 0 Å². The van der Waals surface area contributed by atoms with Crippen molar-refractivity contribution in [3.8, 4) is 5.75 Å². The molecule has 0 spiro atoms. The van der Waals surface area contributed by atoms with Gasteiger partial charge in [-0.3, -0.25) is 4.79 Å². The summed E-state index contributed by atoms with van der Waals surface area (Å²) in [6, 6.07) is 3.83. The van der Waals surface area contributed by atoms with E-state index in [0.717, 1.165) is 26.7 Å². The molecule has 0 radical (unpaired) electrons. The van der Waals surface area contributed by atoms with Crippen LogP contribution in [0.5, 0.6) is 5.75 Å². The van der Waals surface area contributed by atoms with Gasteiger partial charge in [-0.05, 0) is 68.3 Å². The molecule has 0 fully saturated rings. The van der Waals surface area contributed by atoms with Gasteiger partial charge in [0.05, 0.1) is 15.6 Å². The summed E-state index contributed by atoms with van der Waals surface area (Å²) in [5.74, 6) is 0.594. The van der Waals surface area contributed by atoms with E-state index < -0.39 is 5.97 Å². The number of carboxylic acids is 1. The van der Waals surface area contributed by atoms with E-state index in [2.05, 4.69) is 45.7 Å². The summed E-state index contributed by atoms with van der Waals surface area (Å²) in [5, 5.41) is 8.69. The van der Waals surface area contributed by atoms with Crippen molar-refractivity contribution >= 4 is 37.8 Å². The molecule has 19 heavy (non-hydrogen) atoms. The lowest BCUT2D eigenvalue weighted by molar-refractivity contribution is -0.136. The van der Waals surface area contributed by atoms with E-state index in [9.17, 15) is 4.79 Å². The summed E-state index contributed by atoms with van der Waals surface area (Å²) in [6.45, 7) is 4.98. The monoisotopic (exact) mass is 392 g/mol. The highest BCUT2D eigenvalue weighted by atomic mass is 79.9. The maximum absolute atomic E-state index is 10.6. The van der Waals surface area contributed by atoms with Gasteiger partial charge in [-0.1, -0.05) is 13.8 Å². The van der Waals surface area contributed by atoms with Gasteiger partial charge in [-0.2, -0.15) is 0 Å². The number of ether oxygens (including phenoxy) is 1. The smallest absolute Gasteiger partial charge is 0.303 e. The first kappa shape index (κ1) is 16.5. The van der Waals surface area contributed by atoms with Crippen molar-refractivity contribution in [2.75, 3.05) is 6.61 Å². The average molecular weight is 394 g/mol. The van der Waals surface area contributed by atoms with Crippen LogP contribution >= 0.6 is 31.9 Å². The van der Waals surface area contributed by atoms with Crippen molar-refractivity contribution in [1.82, 2.24) is 0 Å². The van der Waals surface area contributed by atoms with E-state index in [-0.39, 0.29) is 6.42 Å². The van der Waals surface area contributed by atoms with E-state index in [1.54, 1.807) is 0 Å². The molecule has 0 heterocycles. The van der Waals surface area contributed by atoms with E-state index in [1.807, 2.05) is 12.1 Å². The molecular weight excluding hydrogens is 376 g/mol. The molecule has 0 saturated heterocycles. The van der Waals surface area contributed by atoms with Gasteiger partial charge in [0.1, 0.15) is 5.75 Å². The Hall–Kier alpha value is -0.550. The Balaban J connectivity index is 2.71. The fourth-order valence-electron chi connectivity index (χ4n) is 1.54. The Morgan fingerprint density at radius 1 is 1.32 bits per heavy atom. The van der Waals surface area contributed by atoms with Crippen LogP contribution in [0, 0.1) is 5.92 Å². The topological polar surface area (TPSA) is 46.5 Å². The molecule has 0 atom stereocenters. The fourth-order valence-corrected chi connectivity index (χ4v) is 3.05. The zero-order chi connectivity index (χ0) is 14.4. The quantitative estimate of drug-likeness (QED) is 0.733. The molecule has 5 heteroatoms. The summed E-state index contributed by atoms with van der Waals surface area (Å²) in [4.78, 5) is 10.6. The molecule has 1 N–H and O–H groups in total. The molecule has 0 bridgehead atoms. The maximum atomic E-state index is 10.6. The highest BCUT2D eigenvalue weighted by molar-refractivity contribution is 9.11. The minimum Gasteiger partial charge on any atom is -0.491 e. The normalized spacial score (nSPS) is 10.8. The van der Waals surface area contributed by atoms with Crippen molar-refractivity contribution < 1.29 is 14.6 Å². The van der Waals surface area contributed by atoms with E-state index in [1.165, 1.54) is 0 Å². The minimum absolute atomic E-state index is 0.131. The van der Waals surface area contributed by atoms with E-state index >= 15 is 0 Å². The second-order valence-electron chi connectivity index (χ2n) is 4.81. The number of carboxylic acid groups (broad SMARTS) is 1. The van der Waals surface area contributed by atoms with Crippen molar-refractivity contribution in [2.24, 2.45) is 5.92 Å². The second-order valence-corrected chi connectivity index (χ2v) is 6.52. The van der Waals surface area contributed by atoms with E-state index in [4.69, 9.17) is 9.84 Å². The molecule has 3 nitrogen and oxygen atoms in total. The zero-order valence-electron chi connectivity index (χ0n) is 11.1. The maximum Gasteiger partial charge on any atom is 0.303 e. The third kappa shape index (κ3) is 5.95. The Bertz CT molecular complexity index is 421. The van der Waals surface area contributed by atoms with Crippen molar-refractivity contribution in [3.05, 3.63) is 26.6 Å². The predicted molar refractivity (Wildman–Crippen MR) is 82.7 cm³/mol. The molecule has 0 saturated carbocycles. The predicted octanol–water partition coefficient (Wildman–Crippen LogP) is 4.65. The molecule has 0 aliphatic carbocycles. The van der Waals surface area contributed by atoms with Crippen LogP contribution in [0.2, 0.25) is 0 Å². The van der Waals surface area contributed by atoms with Crippen LogP contribution in [-0.2, 0) is 11.2 Å². The van der Waals surface area contributed by atoms with Gasteiger partial charge >= 0.3 is 5.97 Å².